The first-order chi connectivity index (χ1) is 10.0. The molecule has 0 radical (unpaired) electrons. The van der Waals surface area contributed by atoms with Crippen molar-refractivity contribution < 1.29 is 14.3 Å². The zero-order valence-electron chi connectivity index (χ0n) is 12.2. The zero-order chi connectivity index (χ0) is 15.4. The van der Waals surface area contributed by atoms with E-state index in [1.165, 1.54) is 0 Å². The molecule has 0 heterocycles. The number of rotatable bonds is 5. The fourth-order valence-electron chi connectivity index (χ4n) is 1.93. The molecule has 0 fully saturated rings. The Bertz CT molecular complexity index is 635. The molecule has 0 amide bonds. The highest BCUT2D eigenvalue weighted by atomic mass is 35.5. The summed E-state index contributed by atoms with van der Waals surface area (Å²) in [5.41, 5.74) is 1.52. The van der Waals surface area contributed by atoms with Gasteiger partial charge in [0.25, 0.3) is 0 Å². The van der Waals surface area contributed by atoms with Gasteiger partial charge in [0.1, 0.15) is 11.5 Å². The minimum atomic E-state index is -0.587. The lowest BCUT2D eigenvalue weighted by molar-refractivity contribution is 0.0817. The molecule has 0 saturated heterocycles. The van der Waals surface area contributed by atoms with Crippen molar-refractivity contribution in [1.29, 1.82) is 0 Å². The molecule has 0 N–H and O–H groups in total. The van der Waals surface area contributed by atoms with Crippen LogP contribution in [0.2, 0.25) is 5.02 Å². The molecule has 21 heavy (non-hydrogen) atoms. The maximum absolute atomic E-state index is 12.3. The second-order valence-electron chi connectivity index (χ2n) is 4.76. The number of carbonyl (C=O) groups excluding carboxylic acids is 1. The number of ether oxygens (including phenoxy) is 2. The molecule has 2 rings (SSSR count). The van der Waals surface area contributed by atoms with Crippen molar-refractivity contribution in [3.05, 3.63) is 58.6 Å². The van der Waals surface area contributed by atoms with Crippen molar-refractivity contribution in [3.63, 3.8) is 0 Å². The minimum absolute atomic E-state index is 0.0861. The molecule has 1 atom stereocenters. The molecule has 2 aromatic rings. The first-order valence-electron chi connectivity index (χ1n) is 6.62. The van der Waals surface area contributed by atoms with Gasteiger partial charge in [0.05, 0.1) is 7.11 Å². The summed E-state index contributed by atoms with van der Waals surface area (Å²) in [7, 11) is 1.59. The molecule has 0 aliphatic carbocycles. The van der Waals surface area contributed by atoms with E-state index in [2.05, 4.69) is 0 Å². The average Bonchev–Trinajstić information content (AvgIpc) is 2.50. The molecule has 110 valence electrons. The first kappa shape index (κ1) is 15.4. The van der Waals surface area contributed by atoms with Gasteiger partial charge in [0, 0.05) is 10.6 Å². The summed E-state index contributed by atoms with van der Waals surface area (Å²) in [4.78, 5) is 12.3. The van der Waals surface area contributed by atoms with Crippen molar-refractivity contribution in [1.82, 2.24) is 0 Å². The van der Waals surface area contributed by atoms with E-state index in [4.69, 9.17) is 21.1 Å². The first-order valence-corrected chi connectivity index (χ1v) is 7.00. The van der Waals surface area contributed by atoms with E-state index >= 15 is 0 Å². The minimum Gasteiger partial charge on any atom is -0.497 e. The highest BCUT2D eigenvalue weighted by Crippen LogP contribution is 2.24. The largest absolute Gasteiger partial charge is 0.497 e. The number of carbonyl (C=O) groups is 1. The number of hydrogen-bond acceptors (Lipinski definition) is 3. The molecule has 0 bridgehead atoms. The second-order valence-corrected chi connectivity index (χ2v) is 5.20. The van der Waals surface area contributed by atoms with Gasteiger partial charge in [0.2, 0.25) is 5.78 Å². The maximum Gasteiger partial charge on any atom is 0.202 e. The van der Waals surface area contributed by atoms with Crippen molar-refractivity contribution in [2.75, 3.05) is 7.11 Å². The predicted molar refractivity (Wildman–Crippen MR) is 83.6 cm³/mol. The number of halogens is 1. The van der Waals surface area contributed by atoms with Crippen molar-refractivity contribution in [3.8, 4) is 11.5 Å². The molecule has 3 nitrogen and oxygen atoms in total. The van der Waals surface area contributed by atoms with Crippen LogP contribution in [0, 0.1) is 6.92 Å². The van der Waals surface area contributed by atoms with Gasteiger partial charge in [-0.15, -0.1) is 0 Å². The predicted octanol–water partition coefficient (Wildman–Crippen LogP) is 4.31. The van der Waals surface area contributed by atoms with E-state index in [0.717, 1.165) is 5.56 Å². The zero-order valence-corrected chi connectivity index (χ0v) is 13.0. The van der Waals surface area contributed by atoms with Gasteiger partial charge in [-0.3, -0.25) is 4.79 Å². The topological polar surface area (TPSA) is 35.5 Å². The van der Waals surface area contributed by atoms with Crippen LogP contribution in [0.1, 0.15) is 22.8 Å². The van der Waals surface area contributed by atoms with Crippen molar-refractivity contribution >= 4 is 17.4 Å². The molecule has 0 aromatic heterocycles. The third-order valence-corrected chi connectivity index (χ3v) is 3.43. The number of Topliss-reactive ketones (excluding diaryl/α,β-unsaturated/α-hetero) is 1. The summed E-state index contributed by atoms with van der Waals surface area (Å²) in [5.74, 6) is 1.25. The molecule has 4 heteroatoms. The second kappa shape index (κ2) is 6.64. The van der Waals surface area contributed by atoms with Gasteiger partial charge in [-0.05, 0) is 55.8 Å². The quantitative estimate of drug-likeness (QED) is 0.772. The van der Waals surface area contributed by atoms with Crippen LogP contribution in [-0.2, 0) is 0 Å². The van der Waals surface area contributed by atoms with Crippen molar-refractivity contribution in [2.24, 2.45) is 0 Å². The summed E-state index contributed by atoms with van der Waals surface area (Å²) in [6.07, 6.45) is -0.587. The molecule has 1 unspecified atom stereocenters. The van der Waals surface area contributed by atoms with Gasteiger partial charge in [0.15, 0.2) is 6.10 Å². The van der Waals surface area contributed by atoms with Crippen LogP contribution >= 0.6 is 11.6 Å². The van der Waals surface area contributed by atoms with E-state index in [-0.39, 0.29) is 5.78 Å². The van der Waals surface area contributed by atoms with Gasteiger partial charge < -0.3 is 9.47 Å². The van der Waals surface area contributed by atoms with E-state index in [1.807, 2.05) is 13.0 Å². The fraction of sp³-hybridized carbons (Fsp3) is 0.235. The van der Waals surface area contributed by atoms with Crippen LogP contribution in [0.25, 0.3) is 0 Å². The Hall–Kier alpha value is -2.00. The molecule has 0 spiro atoms. The standard InChI is InChI=1S/C17H17ClO3/c1-11-4-7-14(18)10-16(11)21-12(2)17(19)13-5-8-15(20-3)9-6-13/h4-10,12H,1-3H3. The monoisotopic (exact) mass is 304 g/mol. The Labute approximate surface area is 129 Å². The molecular weight excluding hydrogens is 288 g/mol. The van der Waals surface area contributed by atoms with Crippen LogP contribution in [0.5, 0.6) is 11.5 Å². The summed E-state index contributed by atoms with van der Waals surface area (Å²) >= 11 is 5.95. The lowest BCUT2D eigenvalue weighted by atomic mass is 10.1. The van der Waals surface area contributed by atoms with Gasteiger partial charge >= 0.3 is 0 Å². The Balaban J connectivity index is 2.13. The highest BCUT2D eigenvalue weighted by molar-refractivity contribution is 6.30. The SMILES string of the molecule is COc1ccc(C(=O)C(C)Oc2cc(Cl)ccc2C)cc1. The number of ketones is 1. The molecular formula is C17H17ClO3. The van der Waals surface area contributed by atoms with Gasteiger partial charge in [-0.1, -0.05) is 17.7 Å². The fourth-order valence-corrected chi connectivity index (χ4v) is 2.10. The summed E-state index contributed by atoms with van der Waals surface area (Å²) in [5, 5.41) is 0.583. The highest BCUT2D eigenvalue weighted by Gasteiger charge is 2.18. The summed E-state index contributed by atoms with van der Waals surface area (Å²) < 4.78 is 10.8. The molecule has 0 saturated carbocycles. The lowest BCUT2D eigenvalue weighted by Gasteiger charge is -2.16. The van der Waals surface area contributed by atoms with E-state index in [1.54, 1.807) is 50.4 Å². The smallest absolute Gasteiger partial charge is 0.202 e. The number of benzene rings is 2. The number of aryl methyl sites for hydroxylation is 1. The van der Waals surface area contributed by atoms with Crippen molar-refractivity contribution in [2.45, 2.75) is 20.0 Å². The van der Waals surface area contributed by atoms with Gasteiger partial charge in [-0.2, -0.15) is 0 Å². The Morgan fingerprint density at radius 2 is 1.81 bits per heavy atom. The van der Waals surface area contributed by atoms with Crippen LogP contribution < -0.4 is 9.47 Å². The van der Waals surface area contributed by atoms with E-state index < -0.39 is 6.10 Å². The van der Waals surface area contributed by atoms with Crippen LogP contribution in [0.15, 0.2) is 42.5 Å². The molecule has 0 aliphatic heterocycles. The van der Waals surface area contributed by atoms with E-state index in [0.29, 0.717) is 22.1 Å². The summed E-state index contributed by atoms with van der Waals surface area (Å²) in [6, 6.07) is 12.3. The number of hydrogen-bond donors (Lipinski definition) is 0. The van der Waals surface area contributed by atoms with Crippen LogP contribution in [-0.4, -0.2) is 19.0 Å². The average molecular weight is 305 g/mol. The summed E-state index contributed by atoms with van der Waals surface area (Å²) in [6.45, 7) is 3.64. The molecule has 0 aliphatic rings. The van der Waals surface area contributed by atoms with Crippen LogP contribution in [0.4, 0.5) is 0 Å². The normalized spacial score (nSPS) is 11.8. The maximum atomic E-state index is 12.3. The van der Waals surface area contributed by atoms with E-state index in [9.17, 15) is 4.79 Å². The van der Waals surface area contributed by atoms with Crippen LogP contribution in [0.3, 0.4) is 0 Å². The lowest BCUT2D eigenvalue weighted by Crippen LogP contribution is -2.24. The molecule has 2 aromatic carbocycles. The Morgan fingerprint density at radius 3 is 2.43 bits per heavy atom. The third-order valence-electron chi connectivity index (χ3n) is 3.20. The Kier molecular flexibility index (Phi) is 4.86. The Morgan fingerprint density at radius 1 is 1.14 bits per heavy atom. The third kappa shape index (κ3) is 3.76. The number of methoxy groups -OCH3 is 1. The van der Waals surface area contributed by atoms with Gasteiger partial charge in [-0.25, -0.2) is 0 Å².